The van der Waals surface area contributed by atoms with Crippen molar-refractivity contribution in [1.82, 2.24) is 15.2 Å². The van der Waals surface area contributed by atoms with Crippen LogP contribution in [0, 0.1) is 11.8 Å². The van der Waals surface area contributed by atoms with E-state index in [2.05, 4.69) is 27.4 Å². The second-order valence-electron chi connectivity index (χ2n) is 5.64. The van der Waals surface area contributed by atoms with E-state index in [0.29, 0.717) is 5.95 Å². The number of nitrogens with one attached hydrogen (secondary N) is 1. The Labute approximate surface area is 113 Å². The van der Waals surface area contributed by atoms with E-state index in [1.54, 1.807) is 0 Å². The van der Waals surface area contributed by atoms with Crippen LogP contribution in [0.3, 0.4) is 0 Å². The van der Waals surface area contributed by atoms with Crippen molar-refractivity contribution in [2.24, 2.45) is 11.8 Å². The van der Waals surface area contributed by atoms with Gasteiger partial charge >= 0.3 is 0 Å². The topological polar surface area (TPSA) is 50.7 Å². The quantitative estimate of drug-likeness (QED) is 0.915. The Balaban J connectivity index is 1.64. The van der Waals surface area contributed by atoms with Gasteiger partial charge < -0.3 is 5.32 Å². The predicted octanol–water partition coefficient (Wildman–Crippen LogP) is 3.26. The van der Waals surface area contributed by atoms with Gasteiger partial charge in [0, 0.05) is 6.54 Å². The lowest BCUT2D eigenvalue weighted by Crippen LogP contribution is -2.21. The minimum absolute atomic E-state index is 0.650. The highest BCUT2D eigenvalue weighted by molar-refractivity contribution is 5.73. The van der Waals surface area contributed by atoms with Crippen LogP contribution in [0.4, 0.5) is 5.95 Å². The van der Waals surface area contributed by atoms with Crippen molar-refractivity contribution in [2.45, 2.75) is 32.6 Å². The zero-order chi connectivity index (χ0) is 13.1. The molecule has 4 heteroatoms. The average molecular weight is 256 g/mol. The molecule has 3 rings (SSSR count). The minimum Gasteiger partial charge on any atom is -0.353 e. The van der Waals surface area contributed by atoms with Crippen LogP contribution in [-0.4, -0.2) is 21.7 Å². The Morgan fingerprint density at radius 1 is 1.16 bits per heavy atom. The highest BCUT2D eigenvalue weighted by Crippen LogP contribution is 2.28. The van der Waals surface area contributed by atoms with Gasteiger partial charge in [-0.3, -0.25) is 0 Å². The zero-order valence-electron chi connectivity index (χ0n) is 11.3. The lowest BCUT2D eigenvalue weighted by molar-refractivity contribution is 0.293. The van der Waals surface area contributed by atoms with Gasteiger partial charge in [0.2, 0.25) is 5.95 Å². The lowest BCUT2D eigenvalue weighted by Gasteiger charge is -2.26. The van der Waals surface area contributed by atoms with E-state index in [4.69, 9.17) is 0 Å². The molecule has 4 nitrogen and oxygen atoms in total. The first-order valence-corrected chi connectivity index (χ1v) is 7.14. The Hall–Kier alpha value is -1.71. The van der Waals surface area contributed by atoms with Crippen LogP contribution < -0.4 is 5.32 Å². The highest BCUT2D eigenvalue weighted by atomic mass is 15.2. The van der Waals surface area contributed by atoms with Crippen LogP contribution in [0.2, 0.25) is 0 Å². The van der Waals surface area contributed by atoms with Gasteiger partial charge in [-0.2, -0.15) is 0 Å². The predicted molar refractivity (Wildman–Crippen MR) is 76.9 cm³/mol. The number of anilines is 1. The maximum absolute atomic E-state index is 4.49. The van der Waals surface area contributed by atoms with Crippen molar-refractivity contribution in [3.63, 3.8) is 0 Å². The van der Waals surface area contributed by atoms with Gasteiger partial charge in [0.25, 0.3) is 0 Å². The second-order valence-corrected chi connectivity index (χ2v) is 5.64. The molecule has 1 N–H and O–H groups in total. The van der Waals surface area contributed by atoms with Gasteiger partial charge in [-0.1, -0.05) is 31.9 Å². The molecular formula is C15H20N4. The summed E-state index contributed by atoms with van der Waals surface area (Å²) >= 11 is 0. The third-order valence-corrected chi connectivity index (χ3v) is 3.95. The van der Waals surface area contributed by atoms with Crippen LogP contribution in [0.25, 0.3) is 11.0 Å². The van der Waals surface area contributed by atoms with Gasteiger partial charge in [-0.15, -0.1) is 10.2 Å². The third kappa shape index (κ3) is 3.00. The van der Waals surface area contributed by atoms with E-state index in [9.17, 15) is 0 Å². The fourth-order valence-electron chi connectivity index (χ4n) is 2.94. The average Bonchev–Trinajstić information content (AvgIpc) is 2.45. The van der Waals surface area contributed by atoms with Crippen molar-refractivity contribution in [1.29, 1.82) is 0 Å². The molecule has 0 bridgehead atoms. The summed E-state index contributed by atoms with van der Waals surface area (Å²) in [6, 6.07) is 7.83. The Kier molecular flexibility index (Phi) is 3.58. The SMILES string of the molecule is CC1CCCC(CNc2nnc3ccccc3n2)C1. The maximum atomic E-state index is 4.49. The van der Waals surface area contributed by atoms with Crippen molar-refractivity contribution in [3.05, 3.63) is 24.3 Å². The van der Waals surface area contributed by atoms with Gasteiger partial charge in [0.1, 0.15) is 5.52 Å². The van der Waals surface area contributed by atoms with Gasteiger partial charge in [-0.05, 0) is 36.8 Å². The number of fused-ring (bicyclic) bond motifs is 1. The smallest absolute Gasteiger partial charge is 0.243 e. The first-order valence-electron chi connectivity index (χ1n) is 7.14. The van der Waals surface area contributed by atoms with Gasteiger partial charge in [0.05, 0.1) is 5.52 Å². The van der Waals surface area contributed by atoms with Crippen molar-refractivity contribution in [2.75, 3.05) is 11.9 Å². The number of nitrogens with zero attached hydrogens (tertiary/aromatic N) is 3. The van der Waals surface area contributed by atoms with Crippen molar-refractivity contribution < 1.29 is 0 Å². The van der Waals surface area contributed by atoms with E-state index in [-0.39, 0.29) is 0 Å². The van der Waals surface area contributed by atoms with E-state index in [1.165, 1.54) is 25.7 Å². The highest BCUT2D eigenvalue weighted by Gasteiger charge is 2.18. The minimum atomic E-state index is 0.650. The van der Waals surface area contributed by atoms with Crippen LogP contribution in [0.1, 0.15) is 32.6 Å². The summed E-state index contributed by atoms with van der Waals surface area (Å²) < 4.78 is 0. The molecule has 0 radical (unpaired) electrons. The Morgan fingerprint density at radius 2 is 2.00 bits per heavy atom. The van der Waals surface area contributed by atoms with E-state index in [0.717, 1.165) is 29.4 Å². The molecular weight excluding hydrogens is 236 g/mol. The molecule has 1 saturated carbocycles. The maximum Gasteiger partial charge on any atom is 0.243 e. The molecule has 19 heavy (non-hydrogen) atoms. The first-order chi connectivity index (χ1) is 9.31. The molecule has 0 aliphatic heterocycles. The molecule has 1 aromatic carbocycles. The molecule has 1 aromatic heterocycles. The molecule has 0 spiro atoms. The van der Waals surface area contributed by atoms with Gasteiger partial charge in [0.15, 0.2) is 0 Å². The number of rotatable bonds is 3. The number of para-hydroxylation sites is 1. The summed E-state index contributed by atoms with van der Waals surface area (Å²) in [6.45, 7) is 3.31. The standard InChI is InChI=1S/C15H20N4/c1-11-5-4-6-12(9-11)10-16-15-17-13-7-2-3-8-14(13)18-19-15/h2-3,7-8,11-12H,4-6,9-10H2,1H3,(H,16,17,19). The number of hydrogen-bond donors (Lipinski definition) is 1. The number of hydrogen-bond acceptors (Lipinski definition) is 4. The monoisotopic (exact) mass is 256 g/mol. The molecule has 1 fully saturated rings. The van der Waals surface area contributed by atoms with E-state index in [1.807, 2.05) is 24.3 Å². The van der Waals surface area contributed by atoms with Crippen LogP contribution >= 0.6 is 0 Å². The summed E-state index contributed by atoms with van der Waals surface area (Å²) in [5, 5.41) is 11.7. The van der Waals surface area contributed by atoms with E-state index >= 15 is 0 Å². The summed E-state index contributed by atoms with van der Waals surface area (Å²) in [6.07, 6.45) is 5.36. The molecule has 1 aliphatic rings. The molecule has 2 unspecified atom stereocenters. The van der Waals surface area contributed by atoms with Crippen LogP contribution in [0.15, 0.2) is 24.3 Å². The molecule has 1 heterocycles. The summed E-state index contributed by atoms with van der Waals surface area (Å²) in [5.41, 5.74) is 1.75. The molecule has 0 amide bonds. The normalized spacial score (nSPS) is 23.4. The van der Waals surface area contributed by atoms with Crippen molar-refractivity contribution in [3.8, 4) is 0 Å². The van der Waals surface area contributed by atoms with Crippen molar-refractivity contribution >= 4 is 17.0 Å². The van der Waals surface area contributed by atoms with Gasteiger partial charge in [-0.25, -0.2) is 4.98 Å². The largest absolute Gasteiger partial charge is 0.353 e. The summed E-state index contributed by atoms with van der Waals surface area (Å²) in [5.74, 6) is 2.26. The molecule has 1 aliphatic carbocycles. The zero-order valence-corrected chi connectivity index (χ0v) is 11.3. The first kappa shape index (κ1) is 12.3. The van der Waals surface area contributed by atoms with Crippen LogP contribution in [-0.2, 0) is 0 Å². The molecule has 2 atom stereocenters. The van der Waals surface area contributed by atoms with Crippen LogP contribution in [0.5, 0.6) is 0 Å². The summed E-state index contributed by atoms with van der Waals surface area (Å²) in [7, 11) is 0. The fourth-order valence-corrected chi connectivity index (χ4v) is 2.94. The summed E-state index contributed by atoms with van der Waals surface area (Å²) in [4.78, 5) is 4.49. The number of aromatic nitrogens is 3. The lowest BCUT2D eigenvalue weighted by atomic mass is 9.82. The Bertz CT molecular complexity index is 555. The fraction of sp³-hybridized carbons (Fsp3) is 0.533. The number of benzene rings is 1. The third-order valence-electron chi connectivity index (χ3n) is 3.95. The van der Waals surface area contributed by atoms with E-state index < -0.39 is 0 Å². The Morgan fingerprint density at radius 3 is 2.84 bits per heavy atom. The molecule has 2 aromatic rings. The second kappa shape index (κ2) is 5.51. The molecule has 100 valence electrons. The molecule has 0 saturated heterocycles.